The number of aromatic nitrogens is 3. The molecule has 7 nitrogen and oxygen atoms in total. The topological polar surface area (TPSA) is 66.3 Å². The van der Waals surface area contributed by atoms with Gasteiger partial charge in [0.1, 0.15) is 0 Å². The van der Waals surface area contributed by atoms with Crippen molar-refractivity contribution in [3.8, 4) is 0 Å². The van der Waals surface area contributed by atoms with Crippen molar-refractivity contribution in [2.75, 3.05) is 26.2 Å². The van der Waals surface area contributed by atoms with Crippen LogP contribution in [0.25, 0.3) is 0 Å². The van der Waals surface area contributed by atoms with Gasteiger partial charge in [-0.05, 0) is 50.1 Å². The first kappa shape index (κ1) is 24.1. The highest BCUT2D eigenvalue weighted by atomic mass is 16.1. The third-order valence-electron chi connectivity index (χ3n) is 6.71. The van der Waals surface area contributed by atoms with E-state index in [2.05, 4.69) is 75.4 Å². The Kier molecular flexibility index (Phi) is 8.44. The zero-order chi connectivity index (χ0) is 23.8. The lowest BCUT2D eigenvalue weighted by Crippen LogP contribution is -2.35. The zero-order valence-corrected chi connectivity index (χ0v) is 20.4. The fourth-order valence-corrected chi connectivity index (χ4v) is 4.77. The Hall–Kier alpha value is -3.03. The van der Waals surface area contributed by atoms with Gasteiger partial charge in [-0.1, -0.05) is 30.3 Å². The molecule has 1 aromatic carbocycles. The van der Waals surface area contributed by atoms with Gasteiger partial charge in [-0.15, -0.1) is 0 Å². The molecule has 1 atom stereocenters. The Morgan fingerprint density at radius 2 is 1.82 bits per heavy atom. The van der Waals surface area contributed by atoms with Crippen LogP contribution in [0.2, 0.25) is 0 Å². The number of carbonyl (C=O) groups is 1. The Morgan fingerprint density at radius 1 is 1.03 bits per heavy atom. The molecule has 0 spiro atoms. The average molecular weight is 461 g/mol. The first-order valence-electron chi connectivity index (χ1n) is 12.3. The highest BCUT2D eigenvalue weighted by molar-refractivity contribution is 5.76. The summed E-state index contributed by atoms with van der Waals surface area (Å²) in [5.41, 5.74) is 4.89. The SMILES string of the molecule is CCn1ncc(CN2CCCN(Cc3ccncc3)C(c3ccccc3)CC(=O)NCC2)c1C. The normalized spacial score (nSPS) is 18.9. The number of hydrogen-bond donors (Lipinski definition) is 1. The number of nitrogens with zero attached hydrogens (tertiary/aromatic N) is 5. The van der Waals surface area contributed by atoms with Crippen LogP contribution in [0.1, 0.15) is 48.2 Å². The molecule has 1 aliphatic heterocycles. The zero-order valence-electron chi connectivity index (χ0n) is 20.4. The summed E-state index contributed by atoms with van der Waals surface area (Å²) in [6.07, 6.45) is 7.16. The summed E-state index contributed by atoms with van der Waals surface area (Å²) in [6, 6.07) is 14.6. The van der Waals surface area contributed by atoms with Gasteiger partial charge < -0.3 is 5.32 Å². The van der Waals surface area contributed by atoms with Crippen LogP contribution in [0, 0.1) is 6.92 Å². The maximum Gasteiger partial charge on any atom is 0.221 e. The predicted molar refractivity (Wildman–Crippen MR) is 134 cm³/mol. The molecule has 1 N–H and O–H groups in total. The molecule has 0 bridgehead atoms. The Morgan fingerprint density at radius 3 is 2.56 bits per heavy atom. The average Bonchev–Trinajstić information content (AvgIpc) is 3.20. The lowest BCUT2D eigenvalue weighted by molar-refractivity contribution is -0.122. The second-order valence-electron chi connectivity index (χ2n) is 9.01. The fraction of sp³-hybridized carbons (Fsp3) is 0.444. The van der Waals surface area contributed by atoms with Gasteiger partial charge in [0.2, 0.25) is 5.91 Å². The van der Waals surface area contributed by atoms with Crippen LogP contribution < -0.4 is 5.32 Å². The second-order valence-corrected chi connectivity index (χ2v) is 9.01. The summed E-state index contributed by atoms with van der Waals surface area (Å²) in [7, 11) is 0. The number of carbonyl (C=O) groups excluding carboxylic acids is 1. The van der Waals surface area contributed by atoms with Crippen LogP contribution in [0.4, 0.5) is 0 Å². The standard InChI is InChI=1S/C27H36N6O/c1-3-33-22(2)25(19-30-33)21-31-15-7-16-32(20-23-10-12-28-13-11-23)26(18-27(34)29-14-17-31)24-8-5-4-6-9-24/h4-6,8-13,19,26H,3,7,14-18,20-21H2,1-2H3,(H,29,34). The molecule has 7 heteroatoms. The summed E-state index contributed by atoms with van der Waals surface area (Å²) in [5, 5.41) is 7.68. The van der Waals surface area contributed by atoms with Crippen LogP contribution in [0.3, 0.4) is 0 Å². The third-order valence-corrected chi connectivity index (χ3v) is 6.71. The van der Waals surface area contributed by atoms with E-state index < -0.39 is 0 Å². The molecule has 0 saturated carbocycles. The van der Waals surface area contributed by atoms with E-state index >= 15 is 0 Å². The summed E-state index contributed by atoms with van der Waals surface area (Å²) < 4.78 is 2.05. The van der Waals surface area contributed by atoms with Gasteiger partial charge in [-0.2, -0.15) is 5.10 Å². The van der Waals surface area contributed by atoms with Crippen molar-refractivity contribution < 1.29 is 4.79 Å². The summed E-state index contributed by atoms with van der Waals surface area (Å²) in [6.45, 7) is 10.2. The van der Waals surface area contributed by atoms with E-state index in [-0.39, 0.29) is 11.9 Å². The molecule has 34 heavy (non-hydrogen) atoms. The van der Waals surface area contributed by atoms with E-state index in [1.807, 2.05) is 29.3 Å². The molecule has 1 amide bonds. The fourth-order valence-electron chi connectivity index (χ4n) is 4.77. The summed E-state index contributed by atoms with van der Waals surface area (Å²) in [5.74, 6) is 0.102. The molecular weight excluding hydrogens is 424 g/mol. The minimum Gasteiger partial charge on any atom is -0.355 e. The molecule has 1 saturated heterocycles. The first-order valence-corrected chi connectivity index (χ1v) is 12.3. The highest BCUT2D eigenvalue weighted by Gasteiger charge is 2.25. The van der Waals surface area contributed by atoms with Crippen LogP contribution in [-0.2, 0) is 24.4 Å². The number of pyridine rings is 1. The van der Waals surface area contributed by atoms with Gasteiger partial charge in [0, 0.05) is 75.4 Å². The van der Waals surface area contributed by atoms with Gasteiger partial charge in [-0.3, -0.25) is 24.3 Å². The molecule has 180 valence electrons. The lowest BCUT2D eigenvalue weighted by Gasteiger charge is -2.32. The minimum atomic E-state index is 0.0333. The van der Waals surface area contributed by atoms with Crippen LogP contribution >= 0.6 is 0 Å². The smallest absolute Gasteiger partial charge is 0.221 e. The van der Waals surface area contributed by atoms with Crippen molar-refractivity contribution in [1.82, 2.24) is 29.9 Å². The quantitative estimate of drug-likeness (QED) is 0.609. The molecule has 1 fully saturated rings. The van der Waals surface area contributed by atoms with Crippen molar-refractivity contribution in [2.45, 2.75) is 52.4 Å². The molecule has 1 unspecified atom stereocenters. The van der Waals surface area contributed by atoms with Crippen molar-refractivity contribution >= 4 is 5.91 Å². The maximum absolute atomic E-state index is 13.0. The first-order chi connectivity index (χ1) is 16.6. The molecule has 0 aliphatic carbocycles. The number of hydrogen-bond acceptors (Lipinski definition) is 5. The molecule has 0 radical (unpaired) electrons. The molecule has 3 aromatic rings. The summed E-state index contributed by atoms with van der Waals surface area (Å²) >= 11 is 0. The van der Waals surface area contributed by atoms with Crippen molar-refractivity contribution in [3.63, 3.8) is 0 Å². The highest BCUT2D eigenvalue weighted by Crippen LogP contribution is 2.27. The molecule has 4 rings (SSSR count). The van der Waals surface area contributed by atoms with E-state index in [0.29, 0.717) is 13.0 Å². The van der Waals surface area contributed by atoms with E-state index in [1.165, 1.54) is 22.4 Å². The van der Waals surface area contributed by atoms with Gasteiger partial charge in [0.05, 0.1) is 6.20 Å². The Labute approximate surface area is 202 Å². The third kappa shape index (κ3) is 6.30. The van der Waals surface area contributed by atoms with Crippen LogP contribution in [0.5, 0.6) is 0 Å². The van der Waals surface area contributed by atoms with E-state index in [9.17, 15) is 4.79 Å². The number of nitrogens with one attached hydrogen (secondary N) is 1. The van der Waals surface area contributed by atoms with Crippen molar-refractivity contribution in [2.24, 2.45) is 0 Å². The van der Waals surface area contributed by atoms with Gasteiger partial charge in [0.15, 0.2) is 0 Å². The monoisotopic (exact) mass is 460 g/mol. The molecule has 2 aromatic heterocycles. The Bertz CT molecular complexity index is 1040. The van der Waals surface area contributed by atoms with Crippen molar-refractivity contribution in [1.29, 1.82) is 0 Å². The van der Waals surface area contributed by atoms with Gasteiger partial charge in [-0.25, -0.2) is 0 Å². The van der Waals surface area contributed by atoms with E-state index in [0.717, 1.165) is 45.7 Å². The van der Waals surface area contributed by atoms with E-state index in [4.69, 9.17) is 0 Å². The van der Waals surface area contributed by atoms with Gasteiger partial charge in [0.25, 0.3) is 0 Å². The van der Waals surface area contributed by atoms with Crippen molar-refractivity contribution in [3.05, 3.63) is 83.4 Å². The maximum atomic E-state index is 13.0. The van der Waals surface area contributed by atoms with Crippen LogP contribution in [-0.4, -0.2) is 56.7 Å². The summed E-state index contributed by atoms with van der Waals surface area (Å²) in [4.78, 5) is 22.0. The van der Waals surface area contributed by atoms with Gasteiger partial charge >= 0.3 is 0 Å². The number of amides is 1. The van der Waals surface area contributed by atoms with Crippen LogP contribution in [0.15, 0.2) is 61.1 Å². The number of rotatable bonds is 6. The largest absolute Gasteiger partial charge is 0.355 e. The molecule has 1 aliphatic rings. The predicted octanol–water partition coefficient (Wildman–Crippen LogP) is 3.56. The number of aryl methyl sites for hydroxylation is 1. The number of benzene rings is 1. The lowest BCUT2D eigenvalue weighted by atomic mass is 10.00. The Balaban J connectivity index is 1.54. The second kappa shape index (κ2) is 11.9. The van der Waals surface area contributed by atoms with E-state index in [1.54, 1.807) is 0 Å². The molecule has 3 heterocycles. The molecular formula is C27H36N6O. The minimum absolute atomic E-state index is 0.0333.